The molecule has 112 valence electrons. The number of nitrogens with one attached hydrogen (secondary N) is 1. The van der Waals surface area contributed by atoms with Gasteiger partial charge in [-0.3, -0.25) is 9.59 Å². The van der Waals surface area contributed by atoms with Crippen LogP contribution in [0.2, 0.25) is 18.1 Å². The summed E-state index contributed by atoms with van der Waals surface area (Å²) < 4.78 is 9.36. The van der Waals surface area contributed by atoms with Crippen molar-refractivity contribution in [1.29, 1.82) is 0 Å². The first-order chi connectivity index (χ1) is 8.53. The normalized spacial score (nSPS) is 12.4. The van der Waals surface area contributed by atoms with Crippen LogP contribution in [0.3, 0.4) is 0 Å². The molecule has 0 rings (SSSR count). The van der Waals surface area contributed by atoms with E-state index in [-0.39, 0.29) is 35.9 Å². The lowest BCUT2D eigenvalue weighted by atomic mass is 10.1. The van der Waals surface area contributed by atoms with E-state index >= 15 is 0 Å². The van der Waals surface area contributed by atoms with Gasteiger partial charge in [-0.15, -0.1) is 0 Å². The molecule has 0 atom stereocenters. The molecule has 0 aromatic rings. The average Bonchev–Trinajstić information content (AvgIpc) is 2.26. The second-order valence-corrected chi connectivity index (χ2v) is 11.3. The van der Waals surface area contributed by atoms with Crippen LogP contribution in [0, 0.1) is 0 Å². The molecule has 0 saturated heterocycles. The number of hydrogen-bond donors (Lipinski definition) is 1. The zero-order valence-electron chi connectivity index (χ0n) is 13.1. The Kier molecular flexibility index (Phi) is 6.72. The molecule has 6 heteroatoms. The summed E-state index contributed by atoms with van der Waals surface area (Å²) in [6.07, 6.45) is 0.357. The van der Waals surface area contributed by atoms with Gasteiger partial charge >= 0.3 is 11.9 Å². The van der Waals surface area contributed by atoms with Crippen LogP contribution in [0.25, 0.3) is 0 Å². The van der Waals surface area contributed by atoms with Crippen LogP contribution in [-0.2, 0) is 19.1 Å². The summed E-state index contributed by atoms with van der Waals surface area (Å²) in [4.78, 5) is 26.4. The smallest absolute Gasteiger partial charge is 0.307 e. The highest BCUT2D eigenvalue weighted by atomic mass is 28.3. The van der Waals surface area contributed by atoms with Gasteiger partial charge in [-0.25, -0.2) is 0 Å². The molecule has 5 nitrogen and oxygen atoms in total. The zero-order chi connectivity index (χ0) is 15.3. The van der Waals surface area contributed by atoms with Crippen LogP contribution < -0.4 is 4.98 Å². The van der Waals surface area contributed by atoms with Crippen molar-refractivity contribution in [1.82, 2.24) is 4.98 Å². The van der Waals surface area contributed by atoms with Crippen LogP contribution >= 0.6 is 0 Å². The van der Waals surface area contributed by atoms with Gasteiger partial charge in [0, 0.05) is 6.04 Å². The summed E-state index contributed by atoms with van der Waals surface area (Å²) in [6.45, 7) is 10.9. The van der Waals surface area contributed by atoms with Gasteiger partial charge < -0.3 is 14.5 Å². The molecule has 0 aromatic carbocycles. The Hall–Kier alpha value is -0.883. The number of hydrogen-bond acceptors (Lipinski definition) is 5. The van der Waals surface area contributed by atoms with E-state index in [1.54, 1.807) is 0 Å². The summed E-state index contributed by atoms with van der Waals surface area (Å²) in [6, 6.07) is -0.235. The van der Waals surface area contributed by atoms with Crippen molar-refractivity contribution in [2.24, 2.45) is 0 Å². The van der Waals surface area contributed by atoms with E-state index in [0.717, 1.165) is 0 Å². The number of carbonyl (C=O) groups is 2. The Labute approximate surface area is 117 Å². The largest absolute Gasteiger partial charge is 0.469 e. The van der Waals surface area contributed by atoms with Gasteiger partial charge in [-0.05, 0) is 5.04 Å². The van der Waals surface area contributed by atoms with E-state index in [1.807, 2.05) is 0 Å². The lowest BCUT2D eigenvalue weighted by Crippen LogP contribution is -2.57. The molecular formula is C13H27NO4Si. The van der Waals surface area contributed by atoms with Crippen molar-refractivity contribution in [3.8, 4) is 0 Å². The maximum atomic E-state index is 11.4. The fourth-order valence-corrected chi connectivity index (χ4v) is 3.13. The molecule has 0 fully saturated rings. The van der Waals surface area contributed by atoms with Crippen LogP contribution in [0.15, 0.2) is 0 Å². The Morgan fingerprint density at radius 3 is 1.68 bits per heavy atom. The van der Waals surface area contributed by atoms with E-state index in [9.17, 15) is 9.59 Å². The summed E-state index contributed by atoms with van der Waals surface area (Å²) >= 11 is 0. The quantitative estimate of drug-likeness (QED) is 0.599. The van der Waals surface area contributed by atoms with Gasteiger partial charge in [0.15, 0.2) is 0 Å². The molecule has 0 heterocycles. The molecule has 0 aliphatic heterocycles. The third-order valence-corrected chi connectivity index (χ3v) is 8.60. The number of esters is 2. The monoisotopic (exact) mass is 289 g/mol. The Morgan fingerprint density at radius 1 is 1.05 bits per heavy atom. The van der Waals surface area contributed by atoms with Gasteiger partial charge in [0.1, 0.15) is 8.24 Å². The van der Waals surface area contributed by atoms with E-state index in [1.165, 1.54) is 14.2 Å². The molecule has 0 aliphatic carbocycles. The number of ether oxygens (including phenoxy) is 2. The standard InChI is InChI=1S/C13H27NO4Si/c1-13(2,3)19(6,7)14-10(8-11(15)17-4)9-12(16)18-5/h10,14H,8-9H2,1-7H3. The molecular weight excluding hydrogens is 262 g/mol. The molecule has 0 aromatic heterocycles. The van der Waals surface area contributed by atoms with Gasteiger partial charge in [0.25, 0.3) is 0 Å². The minimum Gasteiger partial charge on any atom is -0.469 e. The summed E-state index contributed by atoms with van der Waals surface area (Å²) in [5, 5.41) is 0.123. The maximum absolute atomic E-state index is 11.4. The molecule has 0 unspecified atom stereocenters. The van der Waals surface area contributed by atoms with Crippen molar-refractivity contribution in [2.45, 2.75) is 57.8 Å². The molecule has 0 aliphatic rings. The highest BCUT2D eigenvalue weighted by Gasteiger charge is 2.38. The highest BCUT2D eigenvalue weighted by molar-refractivity contribution is 6.77. The minimum atomic E-state index is -1.79. The second kappa shape index (κ2) is 7.05. The van der Waals surface area contributed by atoms with Crippen molar-refractivity contribution in [3.05, 3.63) is 0 Å². The molecule has 1 N–H and O–H groups in total. The van der Waals surface area contributed by atoms with Crippen molar-refractivity contribution >= 4 is 20.2 Å². The predicted molar refractivity (Wildman–Crippen MR) is 77.4 cm³/mol. The predicted octanol–water partition coefficient (Wildman–Crippen LogP) is 2.08. The van der Waals surface area contributed by atoms with E-state index in [4.69, 9.17) is 0 Å². The molecule has 0 saturated carbocycles. The maximum Gasteiger partial charge on any atom is 0.307 e. The number of rotatable bonds is 6. The van der Waals surface area contributed by atoms with Crippen LogP contribution in [-0.4, -0.2) is 40.4 Å². The summed E-state index contributed by atoms with van der Waals surface area (Å²) in [5.74, 6) is -0.639. The van der Waals surface area contributed by atoms with Crippen LogP contribution in [0.5, 0.6) is 0 Å². The minimum absolute atomic E-state index is 0.123. The number of methoxy groups -OCH3 is 2. The molecule has 0 bridgehead atoms. The van der Waals surface area contributed by atoms with E-state index in [2.05, 4.69) is 48.3 Å². The van der Waals surface area contributed by atoms with Crippen LogP contribution in [0.4, 0.5) is 0 Å². The van der Waals surface area contributed by atoms with Crippen molar-refractivity contribution < 1.29 is 19.1 Å². The van der Waals surface area contributed by atoms with E-state index < -0.39 is 8.24 Å². The zero-order valence-corrected chi connectivity index (χ0v) is 14.1. The molecule has 0 amide bonds. The van der Waals surface area contributed by atoms with Gasteiger partial charge in [-0.2, -0.15) is 0 Å². The van der Waals surface area contributed by atoms with Crippen molar-refractivity contribution in [2.75, 3.05) is 14.2 Å². The number of carbonyl (C=O) groups excluding carboxylic acids is 2. The van der Waals surface area contributed by atoms with Crippen LogP contribution in [0.1, 0.15) is 33.6 Å². The van der Waals surface area contributed by atoms with Gasteiger partial charge in [0.2, 0.25) is 0 Å². The first kappa shape index (κ1) is 18.1. The lowest BCUT2D eigenvalue weighted by Gasteiger charge is -2.40. The SMILES string of the molecule is COC(=O)CC(CC(=O)OC)N[Si](C)(C)C(C)(C)C. The summed E-state index contributed by atoms with van der Waals surface area (Å²) in [5.41, 5.74) is 0. The molecule has 19 heavy (non-hydrogen) atoms. The topological polar surface area (TPSA) is 64.6 Å². The summed E-state index contributed by atoms with van der Waals surface area (Å²) in [7, 11) is 0.909. The Balaban J connectivity index is 4.84. The third kappa shape index (κ3) is 6.20. The van der Waals surface area contributed by atoms with E-state index in [0.29, 0.717) is 0 Å². The second-order valence-electron chi connectivity index (χ2n) is 6.28. The average molecular weight is 289 g/mol. The fourth-order valence-electron chi connectivity index (χ4n) is 1.47. The van der Waals surface area contributed by atoms with Gasteiger partial charge in [-0.1, -0.05) is 33.9 Å². The first-order valence-electron chi connectivity index (χ1n) is 6.45. The Bertz CT molecular complexity index is 305. The third-order valence-electron chi connectivity index (χ3n) is 3.72. The lowest BCUT2D eigenvalue weighted by molar-refractivity contribution is -0.143. The van der Waals surface area contributed by atoms with Gasteiger partial charge in [0.05, 0.1) is 27.1 Å². The first-order valence-corrected chi connectivity index (χ1v) is 9.45. The molecule has 0 radical (unpaired) electrons. The molecule has 0 spiro atoms. The Morgan fingerprint density at radius 2 is 1.42 bits per heavy atom. The highest BCUT2D eigenvalue weighted by Crippen LogP contribution is 2.34. The van der Waals surface area contributed by atoms with Crippen molar-refractivity contribution in [3.63, 3.8) is 0 Å². The fraction of sp³-hybridized carbons (Fsp3) is 0.846.